The lowest BCUT2D eigenvalue weighted by Gasteiger charge is -2.08. The summed E-state index contributed by atoms with van der Waals surface area (Å²) in [5, 5.41) is 4.66. The molecule has 3 rings (SSSR count). The molecule has 21 heavy (non-hydrogen) atoms. The zero-order valence-electron chi connectivity index (χ0n) is 12.3. The second-order valence-electron chi connectivity index (χ2n) is 5.18. The Bertz CT molecular complexity index is 829. The van der Waals surface area contributed by atoms with E-state index < -0.39 is 0 Å². The van der Waals surface area contributed by atoms with Crippen LogP contribution in [0.4, 0.5) is 5.69 Å². The Hall–Kier alpha value is -2.49. The molecule has 3 aromatic rings. The van der Waals surface area contributed by atoms with Crippen LogP contribution in [0.15, 0.2) is 53.6 Å². The van der Waals surface area contributed by atoms with Gasteiger partial charge in [0.1, 0.15) is 0 Å². The number of hydrogen-bond donors (Lipinski definition) is 1. The van der Waals surface area contributed by atoms with E-state index in [0.29, 0.717) is 6.54 Å². The van der Waals surface area contributed by atoms with Gasteiger partial charge in [0.15, 0.2) is 0 Å². The van der Waals surface area contributed by atoms with Crippen molar-refractivity contribution in [2.24, 2.45) is 7.05 Å². The first-order chi connectivity index (χ1) is 10.2. The second kappa shape index (κ2) is 5.48. The maximum Gasteiger partial charge on any atom is 0.250 e. The molecule has 0 amide bonds. The number of nitrogens with zero attached hydrogens (tertiary/aromatic N) is 2. The molecular formula is C17H19N3O. The van der Waals surface area contributed by atoms with Crippen LogP contribution in [0.3, 0.4) is 0 Å². The average Bonchev–Trinajstić information content (AvgIpc) is 2.83. The van der Waals surface area contributed by atoms with E-state index in [9.17, 15) is 4.79 Å². The number of aryl methyl sites for hydroxylation is 2. The van der Waals surface area contributed by atoms with Crippen LogP contribution in [-0.2, 0) is 20.1 Å². The van der Waals surface area contributed by atoms with E-state index in [0.717, 1.165) is 12.2 Å². The van der Waals surface area contributed by atoms with Gasteiger partial charge in [-0.25, -0.2) is 0 Å². The third-order valence-electron chi connectivity index (χ3n) is 3.79. The molecule has 0 spiro atoms. The summed E-state index contributed by atoms with van der Waals surface area (Å²) >= 11 is 0. The van der Waals surface area contributed by atoms with Crippen LogP contribution in [0.5, 0.6) is 0 Å². The maximum absolute atomic E-state index is 11.6. The smallest absolute Gasteiger partial charge is 0.250 e. The fraction of sp³-hybridized carbons (Fsp3) is 0.235. The number of hydrogen-bond acceptors (Lipinski definition) is 2. The molecule has 2 aromatic heterocycles. The Kier molecular flexibility index (Phi) is 3.52. The molecule has 0 aliphatic carbocycles. The van der Waals surface area contributed by atoms with Crippen molar-refractivity contribution in [1.29, 1.82) is 0 Å². The molecule has 4 heteroatoms. The van der Waals surface area contributed by atoms with Crippen LogP contribution in [0.25, 0.3) is 10.9 Å². The van der Waals surface area contributed by atoms with Crippen LogP contribution in [0, 0.1) is 0 Å². The number of pyridine rings is 1. The van der Waals surface area contributed by atoms with Crippen molar-refractivity contribution < 1.29 is 0 Å². The summed E-state index contributed by atoms with van der Waals surface area (Å²) in [5.74, 6) is 0. The van der Waals surface area contributed by atoms with E-state index >= 15 is 0 Å². The van der Waals surface area contributed by atoms with Gasteiger partial charge in [-0.1, -0.05) is 18.2 Å². The van der Waals surface area contributed by atoms with Gasteiger partial charge >= 0.3 is 0 Å². The highest BCUT2D eigenvalue weighted by atomic mass is 16.1. The van der Waals surface area contributed by atoms with Crippen LogP contribution < -0.4 is 10.9 Å². The summed E-state index contributed by atoms with van der Waals surface area (Å²) in [6, 6.07) is 11.8. The summed E-state index contributed by atoms with van der Waals surface area (Å²) in [5.41, 5.74) is 3.48. The molecule has 0 atom stereocenters. The Morgan fingerprint density at radius 1 is 1.10 bits per heavy atom. The fourth-order valence-electron chi connectivity index (χ4n) is 2.65. The van der Waals surface area contributed by atoms with Gasteiger partial charge in [-0.05, 0) is 24.6 Å². The van der Waals surface area contributed by atoms with Gasteiger partial charge in [0, 0.05) is 49.5 Å². The zero-order valence-corrected chi connectivity index (χ0v) is 12.3. The molecule has 0 saturated heterocycles. The van der Waals surface area contributed by atoms with Gasteiger partial charge in [-0.3, -0.25) is 4.79 Å². The van der Waals surface area contributed by atoms with Gasteiger partial charge in [-0.2, -0.15) is 0 Å². The number of fused-ring (bicyclic) bond motifs is 1. The van der Waals surface area contributed by atoms with Crippen molar-refractivity contribution in [2.45, 2.75) is 20.0 Å². The van der Waals surface area contributed by atoms with Gasteiger partial charge < -0.3 is 14.5 Å². The maximum atomic E-state index is 11.6. The normalized spacial score (nSPS) is 11.0. The van der Waals surface area contributed by atoms with Gasteiger partial charge in [0.05, 0.1) is 5.69 Å². The number of nitrogens with one attached hydrogen (secondary N) is 1. The van der Waals surface area contributed by atoms with Crippen LogP contribution >= 0.6 is 0 Å². The first-order valence-corrected chi connectivity index (χ1v) is 7.16. The van der Waals surface area contributed by atoms with Crippen molar-refractivity contribution in [3.8, 4) is 0 Å². The number of para-hydroxylation sites is 1. The summed E-state index contributed by atoms with van der Waals surface area (Å²) in [7, 11) is 2.06. The molecular weight excluding hydrogens is 262 g/mol. The average molecular weight is 281 g/mol. The topological polar surface area (TPSA) is 39.0 Å². The number of aromatic nitrogens is 2. The Morgan fingerprint density at radius 2 is 1.90 bits per heavy atom. The predicted octanol–water partition coefficient (Wildman–Crippen LogP) is 2.97. The number of rotatable bonds is 4. The van der Waals surface area contributed by atoms with Crippen molar-refractivity contribution >= 4 is 16.6 Å². The minimum absolute atomic E-state index is 0.0354. The highest BCUT2D eigenvalue weighted by Gasteiger charge is 2.05. The van der Waals surface area contributed by atoms with Crippen molar-refractivity contribution in [2.75, 3.05) is 5.32 Å². The van der Waals surface area contributed by atoms with Gasteiger partial charge in [-0.15, -0.1) is 0 Å². The highest BCUT2D eigenvalue weighted by molar-refractivity contribution is 5.84. The molecule has 0 aliphatic heterocycles. The molecule has 4 nitrogen and oxygen atoms in total. The Balaban J connectivity index is 1.85. The molecule has 0 fully saturated rings. The molecule has 108 valence electrons. The first kappa shape index (κ1) is 13.5. The Labute approximate surface area is 123 Å². The molecule has 0 unspecified atom stereocenters. The molecule has 1 aromatic carbocycles. The first-order valence-electron chi connectivity index (χ1n) is 7.16. The van der Waals surface area contributed by atoms with E-state index in [1.54, 1.807) is 10.6 Å². The molecule has 2 heterocycles. The summed E-state index contributed by atoms with van der Waals surface area (Å²) in [6.07, 6.45) is 4.01. The van der Waals surface area contributed by atoms with E-state index in [-0.39, 0.29) is 5.56 Å². The second-order valence-corrected chi connectivity index (χ2v) is 5.18. The number of benzene rings is 1. The summed E-state index contributed by atoms with van der Waals surface area (Å²) in [6.45, 7) is 3.39. The predicted molar refractivity (Wildman–Crippen MR) is 86.6 cm³/mol. The van der Waals surface area contributed by atoms with Crippen molar-refractivity contribution in [1.82, 2.24) is 9.13 Å². The minimum atomic E-state index is 0.0354. The lowest BCUT2D eigenvalue weighted by Crippen LogP contribution is -2.17. The van der Waals surface area contributed by atoms with E-state index in [1.165, 1.54) is 16.5 Å². The lowest BCUT2D eigenvalue weighted by molar-refractivity contribution is 0.727. The minimum Gasteiger partial charge on any atom is -0.380 e. The van der Waals surface area contributed by atoms with Crippen LogP contribution in [0.1, 0.15) is 12.5 Å². The standard InChI is InChI=1S/C17H19N3O/c1-3-20-12-14(8-9-17(20)21)18-10-13-11-19(2)16-7-5-4-6-15(13)16/h4-9,11-12,18H,3,10H2,1-2H3. The zero-order chi connectivity index (χ0) is 14.8. The molecule has 0 aliphatic rings. The van der Waals surface area contributed by atoms with Crippen molar-refractivity contribution in [3.63, 3.8) is 0 Å². The van der Waals surface area contributed by atoms with Crippen molar-refractivity contribution in [3.05, 3.63) is 64.7 Å². The highest BCUT2D eigenvalue weighted by Crippen LogP contribution is 2.21. The third kappa shape index (κ3) is 2.57. The summed E-state index contributed by atoms with van der Waals surface area (Å²) < 4.78 is 3.84. The molecule has 0 saturated carbocycles. The quantitative estimate of drug-likeness (QED) is 0.798. The number of anilines is 1. The monoisotopic (exact) mass is 281 g/mol. The Morgan fingerprint density at radius 3 is 2.71 bits per heavy atom. The fourth-order valence-corrected chi connectivity index (χ4v) is 2.65. The SMILES string of the molecule is CCn1cc(NCc2cn(C)c3ccccc23)ccc1=O. The van der Waals surface area contributed by atoms with E-state index in [2.05, 4.69) is 47.4 Å². The largest absolute Gasteiger partial charge is 0.380 e. The molecule has 1 N–H and O–H groups in total. The van der Waals surface area contributed by atoms with Gasteiger partial charge in [0.25, 0.3) is 5.56 Å². The van der Waals surface area contributed by atoms with E-state index in [1.807, 2.05) is 19.2 Å². The summed E-state index contributed by atoms with van der Waals surface area (Å²) in [4.78, 5) is 11.6. The molecule has 0 bridgehead atoms. The lowest BCUT2D eigenvalue weighted by atomic mass is 10.2. The van der Waals surface area contributed by atoms with Crippen LogP contribution in [-0.4, -0.2) is 9.13 Å². The van der Waals surface area contributed by atoms with Gasteiger partial charge in [0.2, 0.25) is 0 Å². The third-order valence-corrected chi connectivity index (χ3v) is 3.79. The molecule has 0 radical (unpaired) electrons. The van der Waals surface area contributed by atoms with Crippen LogP contribution in [0.2, 0.25) is 0 Å². The van der Waals surface area contributed by atoms with E-state index in [4.69, 9.17) is 0 Å².